The fourth-order valence-electron chi connectivity index (χ4n) is 4.09. The standard InChI is InChI=1S/C23H26ClN3O2/c1-16-4-6-17(7-5-16)14-27-15-18(12-22(27)28)23(29)25-20-13-19(24)8-9-21(20)26-10-2-3-11-26/h4-9,13,18H,2-3,10-12,14-15H2,1H3,(H,25,29). The zero-order valence-corrected chi connectivity index (χ0v) is 17.4. The van der Waals surface area contributed by atoms with E-state index < -0.39 is 0 Å². The van der Waals surface area contributed by atoms with Gasteiger partial charge in [-0.15, -0.1) is 0 Å². The van der Waals surface area contributed by atoms with Crippen molar-refractivity contribution in [3.8, 4) is 0 Å². The minimum Gasteiger partial charge on any atom is -0.370 e. The molecule has 0 bridgehead atoms. The third-order valence-corrected chi connectivity index (χ3v) is 5.98. The number of aryl methyl sites for hydroxylation is 1. The van der Waals surface area contributed by atoms with Gasteiger partial charge in [-0.1, -0.05) is 41.4 Å². The number of benzene rings is 2. The lowest BCUT2D eigenvalue weighted by Crippen LogP contribution is -2.28. The highest BCUT2D eigenvalue weighted by atomic mass is 35.5. The highest BCUT2D eigenvalue weighted by Crippen LogP contribution is 2.32. The molecule has 0 aromatic heterocycles. The van der Waals surface area contributed by atoms with Crippen molar-refractivity contribution in [3.05, 3.63) is 58.6 Å². The average molecular weight is 412 g/mol. The highest BCUT2D eigenvalue weighted by molar-refractivity contribution is 6.31. The monoisotopic (exact) mass is 411 g/mol. The second kappa shape index (κ2) is 8.46. The van der Waals surface area contributed by atoms with Gasteiger partial charge in [0.1, 0.15) is 0 Å². The Morgan fingerprint density at radius 1 is 1.14 bits per heavy atom. The number of nitrogens with one attached hydrogen (secondary N) is 1. The Morgan fingerprint density at radius 3 is 2.59 bits per heavy atom. The third-order valence-electron chi connectivity index (χ3n) is 5.74. The molecule has 29 heavy (non-hydrogen) atoms. The van der Waals surface area contributed by atoms with Crippen molar-refractivity contribution >= 4 is 34.8 Å². The molecule has 0 radical (unpaired) electrons. The lowest BCUT2D eigenvalue weighted by Gasteiger charge is -2.22. The Hall–Kier alpha value is -2.53. The quantitative estimate of drug-likeness (QED) is 0.800. The summed E-state index contributed by atoms with van der Waals surface area (Å²) in [6, 6.07) is 13.8. The van der Waals surface area contributed by atoms with Crippen molar-refractivity contribution < 1.29 is 9.59 Å². The van der Waals surface area contributed by atoms with Gasteiger partial charge in [0.15, 0.2) is 0 Å². The second-order valence-corrected chi connectivity index (χ2v) is 8.44. The number of anilines is 2. The largest absolute Gasteiger partial charge is 0.370 e. The van der Waals surface area contributed by atoms with Crippen molar-refractivity contribution in [1.82, 2.24) is 4.90 Å². The number of rotatable bonds is 5. The second-order valence-electron chi connectivity index (χ2n) is 8.01. The van der Waals surface area contributed by atoms with Gasteiger partial charge in [-0.3, -0.25) is 9.59 Å². The fourth-order valence-corrected chi connectivity index (χ4v) is 4.26. The Balaban J connectivity index is 1.43. The molecule has 2 aliphatic heterocycles. The summed E-state index contributed by atoms with van der Waals surface area (Å²) < 4.78 is 0. The smallest absolute Gasteiger partial charge is 0.229 e. The topological polar surface area (TPSA) is 52.7 Å². The van der Waals surface area contributed by atoms with Gasteiger partial charge in [0, 0.05) is 37.6 Å². The van der Waals surface area contributed by atoms with Gasteiger partial charge < -0.3 is 15.1 Å². The van der Waals surface area contributed by atoms with E-state index in [4.69, 9.17) is 11.6 Å². The number of halogens is 1. The van der Waals surface area contributed by atoms with Crippen LogP contribution in [0.4, 0.5) is 11.4 Å². The molecule has 4 rings (SSSR count). The third kappa shape index (κ3) is 4.56. The average Bonchev–Trinajstić information content (AvgIpc) is 3.34. The number of likely N-dealkylation sites (tertiary alicyclic amines) is 1. The molecule has 1 unspecified atom stereocenters. The molecule has 0 spiro atoms. The molecule has 1 atom stereocenters. The first-order valence-corrected chi connectivity index (χ1v) is 10.6. The molecule has 2 heterocycles. The first-order valence-electron chi connectivity index (χ1n) is 10.2. The fraction of sp³-hybridized carbons (Fsp3) is 0.391. The predicted molar refractivity (Wildman–Crippen MR) is 116 cm³/mol. The van der Waals surface area contributed by atoms with E-state index in [1.165, 1.54) is 5.56 Å². The maximum atomic E-state index is 12.9. The Morgan fingerprint density at radius 2 is 1.86 bits per heavy atom. The summed E-state index contributed by atoms with van der Waals surface area (Å²) in [4.78, 5) is 29.4. The maximum absolute atomic E-state index is 12.9. The summed E-state index contributed by atoms with van der Waals surface area (Å²) in [5, 5.41) is 3.63. The number of hydrogen-bond acceptors (Lipinski definition) is 3. The summed E-state index contributed by atoms with van der Waals surface area (Å²) >= 11 is 6.18. The van der Waals surface area contributed by atoms with Gasteiger partial charge in [-0.25, -0.2) is 0 Å². The van der Waals surface area contributed by atoms with Crippen LogP contribution in [-0.4, -0.2) is 36.3 Å². The van der Waals surface area contributed by atoms with Crippen LogP contribution in [0.5, 0.6) is 0 Å². The predicted octanol–water partition coefficient (Wildman–Crippen LogP) is 4.24. The van der Waals surface area contributed by atoms with Crippen LogP contribution in [-0.2, 0) is 16.1 Å². The van der Waals surface area contributed by atoms with E-state index >= 15 is 0 Å². The molecule has 1 N–H and O–H groups in total. The number of carbonyl (C=O) groups excluding carboxylic acids is 2. The van der Waals surface area contributed by atoms with Gasteiger partial charge >= 0.3 is 0 Å². The van der Waals surface area contributed by atoms with Crippen molar-refractivity contribution in [2.24, 2.45) is 5.92 Å². The maximum Gasteiger partial charge on any atom is 0.229 e. The highest BCUT2D eigenvalue weighted by Gasteiger charge is 2.34. The van der Waals surface area contributed by atoms with Crippen molar-refractivity contribution in [2.45, 2.75) is 32.7 Å². The Labute approximate surface area is 176 Å². The lowest BCUT2D eigenvalue weighted by molar-refractivity contribution is -0.128. The molecule has 0 aliphatic carbocycles. The van der Waals surface area contributed by atoms with Gasteiger partial charge in [0.2, 0.25) is 11.8 Å². The zero-order valence-electron chi connectivity index (χ0n) is 16.7. The molecule has 2 amide bonds. The van der Waals surface area contributed by atoms with Crippen LogP contribution in [0, 0.1) is 12.8 Å². The molecule has 5 nitrogen and oxygen atoms in total. The van der Waals surface area contributed by atoms with E-state index in [1.807, 2.05) is 43.3 Å². The molecular formula is C23H26ClN3O2. The van der Waals surface area contributed by atoms with Crippen molar-refractivity contribution in [3.63, 3.8) is 0 Å². The minimum atomic E-state index is -0.349. The van der Waals surface area contributed by atoms with Crippen LogP contribution in [0.1, 0.15) is 30.4 Å². The number of amides is 2. The first kappa shape index (κ1) is 19.8. The zero-order chi connectivity index (χ0) is 20.4. The SMILES string of the molecule is Cc1ccc(CN2CC(C(=O)Nc3cc(Cl)ccc3N3CCCC3)CC2=O)cc1. The van der Waals surface area contributed by atoms with E-state index in [0.717, 1.165) is 42.9 Å². The van der Waals surface area contributed by atoms with Crippen LogP contribution < -0.4 is 10.2 Å². The van der Waals surface area contributed by atoms with E-state index in [9.17, 15) is 9.59 Å². The van der Waals surface area contributed by atoms with E-state index in [0.29, 0.717) is 18.1 Å². The molecule has 2 aromatic rings. The number of carbonyl (C=O) groups is 2. The molecule has 152 valence electrons. The summed E-state index contributed by atoms with van der Waals surface area (Å²) in [7, 11) is 0. The molecule has 0 saturated carbocycles. The summed E-state index contributed by atoms with van der Waals surface area (Å²) in [5.74, 6) is -0.442. The van der Waals surface area contributed by atoms with Gasteiger partial charge in [0.25, 0.3) is 0 Å². The Kier molecular flexibility index (Phi) is 5.76. The number of hydrogen-bond donors (Lipinski definition) is 1. The van der Waals surface area contributed by atoms with Crippen molar-refractivity contribution in [1.29, 1.82) is 0 Å². The van der Waals surface area contributed by atoms with Crippen LogP contribution in [0.15, 0.2) is 42.5 Å². The van der Waals surface area contributed by atoms with E-state index in [2.05, 4.69) is 10.2 Å². The number of nitrogens with zero attached hydrogens (tertiary/aromatic N) is 2. The van der Waals surface area contributed by atoms with E-state index in [-0.39, 0.29) is 24.2 Å². The molecule has 2 fully saturated rings. The molecular weight excluding hydrogens is 386 g/mol. The van der Waals surface area contributed by atoms with Crippen LogP contribution >= 0.6 is 11.6 Å². The van der Waals surface area contributed by atoms with E-state index in [1.54, 1.807) is 11.0 Å². The minimum absolute atomic E-state index is 0.0246. The van der Waals surface area contributed by atoms with Crippen LogP contribution in [0.3, 0.4) is 0 Å². The first-order chi connectivity index (χ1) is 14.0. The van der Waals surface area contributed by atoms with Crippen molar-refractivity contribution in [2.75, 3.05) is 29.9 Å². The Bertz CT molecular complexity index is 907. The van der Waals surface area contributed by atoms with Crippen LogP contribution in [0.2, 0.25) is 5.02 Å². The molecule has 2 aromatic carbocycles. The molecule has 2 aliphatic rings. The van der Waals surface area contributed by atoms with Gasteiger partial charge in [-0.05, 0) is 43.5 Å². The van der Waals surface area contributed by atoms with Crippen LogP contribution in [0.25, 0.3) is 0 Å². The lowest BCUT2D eigenvalue weighted by atomic mass is 10.1. The normalized spacial score (nSPS) is 19.1. The molecule has 2 saturated heterocycles. The summed E-state index contributed by atoms with van der Waals surface area (Å²) in [5.41, 5.74) is 4.00. The summed E-state index contributed by atoms with van der Waals surface area (Å²) in [6.45, 7) is 4.99. The van der Waals surface area contributed by atoms with Gasteiger partial charge in [-0.2, -0.15) is 0 Å². The summed E-state index contributed by atoms with van der Waals surface area (Å²) in [6.07, 6.45) is 2.56. The van der Waals surface area contributed by atoms with Gasteiger partial charge in [0.05, 0.1) is 17.3 Å². The molecule has 6 heteroatoms.